The van der Waals surface area contributed by atoms with Crippen LogP contribution >= 0.6 is 0 Å². The van der Waals surface area contributed by atoms with Gasteiger partial charge in [0.2, 0.25) is 5.91 Å². The molecule has 0 aliphatic carbocycles. The molecule has 1 aliphatic rings. The predicted molar refractivity (Wildman–Crippen MR) is 60.7 cm³/mol. The number of benzene rings is 1. The number of carbonyl (C=O) groups is 1. The summed E-state index contributed by atoms with van der Waals surface area (Å²) in [5.41, 5.74) is 7.74. The molecule has 0 aromatic heterocycles. The van der Waals surface area contributed by atoms with Gasteiger partial charge in [0, 0.05) is 18.8 Å². The smallest absolute Gasteiger partial charge is 0.222 e. The van der Waals surface area contributed by atoms with Crippen LogP contribution in [0, 0.1) is 12.8 Å². The molecule has 1 heterocycles. The maximum atomic E-state index is 11.0. The van der Waals surface area contributed by atoms with E-state index in [4.69, 9.17) is 5.73 Å². The predicted octanol–water partition coefficient (Wildman–Crippen LogP) is 1.31. The second kappa shape index (κ2) is 3.93. The maximum absolute atomic E-state index is 11.0. The Morgan fingerprint density at radius 3 is 2.60 bits per heavy atom. The van der Waals surface area contributed by atoms with Gasteiger partial charge in [0.1, 0.15) is 0 Å². The molecule has 0 bridgehead atoms. The van der Waals surface area contributed by atoms with Gasteiger partial charge in [0.15, 0.2) is 0 Å². The number of primary amides is 1. The quantitative estimate of drug-likeness (QED) is 0.789. The largest absolute Gasteiger partial charge is 0.371 e. The van der Waals surface area contributed by atoms with Crippen LogP contribution in [0.2, 0.25) is 0 Å². The molecule has 2 rings (SSSR count). The molecule has 1 atom stereocenters. The molecule has 3 nitrogen and oxygen atoms in total. The summed E-state index contributed by atoms with van der Waals surface area (Å²) < 4.78 is 0. The van der Waals surface area contributed by atoms with Crippen molar-refractivity contribution in [1.82, 2.24) is 0 Å². The first-order valence-electron chi connectivity index (χ1n) is 5.28. The Balaban J connectivity index is 2.07. The van der Waals surface area contributed by atoms with Gasteiger partial charge in [-0.25, -0.2) is 0 Å². The maximum Gasteiger partial charge on any atom is 0.222 e. The molecule has 0 unspecified atom stereocenters. The minimum Gasteiger partial charge on any atom is -0.371 e. The number of amides is 1. The van der Waals surface area contributed by atoms with E-state index in [1.807, 2.05) is 0 Å². The molecule has 15 heavy (non-hydrogen) atoms. The fraction of sp³-hybridized carbons (Fsp3) is 0.417. The van der Waals surface area contributed by atoms with E-state index in [1.54, 1.807) is 0 Å². The number of nitrogens with zero attached hydrogens (tertiary/aromatic N) is 1. The SMILES string of the molecule is Cc1ccc(N2CC[C@@H](C(N)=O)C2)cc1. The average molecular weight is 204 g/mol. The van der Waals surface area contributed by atoms with Crippen molar-refractivity contribution in [3.05, 3.63) is 29.8 Å². The van der Waals surface area contributed by atoms with Gasteiger partial charge in [-0.2, -0.15) is 0 Å². The van der Waals surface area contributed by atoms with Gasteiger partial charge in [0.25, 0.3) is 0 Å². The highest BCUT2D eigenvalue weighted by molar-refractivity contribution is 5.78. The van der Waals surface area contributed by atoms with E-state index >= 15 is 0 Å². The van der Waals surface area contributed by atoms with Crippen LogP contribution in [0.5, 0.6) is 0 Å². The van der Waals surface area contributed by atoms with Crippen LogP contribution in [0.1, 0.15) is 12.0 Å². The Labute approximate surface area is 89.9 Å². The van der Waals surface area contributed by atoms with Gasteiger partial charge in [-0.15, -0.1) is 0 Å². The number of aryl methyl sites for hydroxylation is 1. The lowest BCUT2D eigenvalue weighted by atomic mass is 10.1. The first kappa shape index (κ1) is 10.0. The second-order valence-electron chi connectivity index (χ2n) is 4.17. The van der Waals surface area contributed by atoms with Crippen LogP contribution in [0.4, 0.5) is 5.69 Å². The normalized spacial score (nSPS) is 20.6. The molecule has 1 aromatic carbocycles. The summed E-state index contributed by atoms with van der Waals surface area (Å²) >= 11 is 0. The Hall–Kier alpha value is -1.51. The first-order valence-corrected chi connectivity index (χ1v) is 5.28. The van der Waals surface area contributed by atoms with Crippen molar-refractivity contribution in [2.75, 3.05) is 18.0 Å². The van der Waals surface area contributed by atoms with E-state index in [1.165, 1.54) is 11.3 Å². The summed E-state index contributed by atoms with van der Waals surface area (Å²) in [7, 11) is 0. The third kappa shape index (κ3) is 2.12. The number of anilines is 1. The van der Waals surface area contributed by atoms with Crippen molar-refractivity contribution in [3.63, 3.8) is 0 Å². The van der Waals surface area contributed by atoms with Crippen LogP contribution in [-0.4, -0.2) is 19.0 Å². The summed E-state index contributed by atoms with van der Waals surface area (Å²) in [5, 5.41) is 0. The summed E-state index contributed by atoms with van der Waals surface area (Å²) in [4.78, 5) is 13.2. The lowest BCUT2D eigenvalue weighted by molar-refractivity contribution is -0.121. The highest BCUT2D eigenvalue weighted by Crippen LogP contribution is 2.23. The highest BCUT2D eigenvalue weighted by Gasteiger charge is 2.26. The van der Waals surface area contributed by atoms with E-state index in [-0.39, 0.29) is 11.8 Å². The molecule has 1 amide bonds. The summed E-state index contributed by atoms with van der Waals surface area (Å²) in [6.07, 6.45) is 0.878. The van der Waals surface area contributed by atoms with Crippen LogP contribution in [0.3, 0.4) is 0 Å². The standard InChI is InChI=1S/C12H16N2O/c1-9-2-4-11(5-3-9)14-7-6-10(8-14)12(13)15/h2-5,10H,6-8H2,1H3,(H2,13,15)/t10-/m1/s1. The molecule has 0 spiro atoms. The van der Waals surface area contributed by atoms with Gasteiger partial charge in [0.05, 0.1) is 5.92 Å². The topological polar surface area (TPSA) is 46.3 Å². The van der Waals surface area contributed by atoms with Gasteiger partial charge in [-0.05, 0) is 25.5 Å². The van der Waals surface area contributed by atoms with Crippen molar-refractivity contribution in [3.8, 4) is 0 Å². The molecule has 0 radical (unpaired) electrons. The Morgan fingerprint density at radius 2 is 2.07 bits per heavy atom. The Bertz CT molecular complexity index is 358. The summed E-state index contributed by atoms with van der Waals surface area (Å²) in [6, 6.07) is 8.37. The van der Waals surface area contributed by atoms with Crippen molar-refractivity contribution >= 4 is 11.6 Å². The number of hydrogen-bond donors (Lipinski definition) is 1. The van der Waals surface area contributed by atoms with Crippen molar-refractivity contribution in [2.24, 2.45) is 11.7 Å². The van der Waals surface area contributed by atoms with Crippen LogP contribution in [0.15, 0.2) is 24.3 Å². The Kier molecular flexibility index (Phi) is 2.62. The lowest BCUT2D eigenvalue weighted by Crippen LogP contribution is -2.27. The molecular weight excluding hydrogens is 188 g/mol. The minimum atomic E-state index is -0.176. The van der Waals surface area contributed by atoms with Crippen LogP contribution in [0.25, 0.3) is 0 Å². The molecule has 1 fully saturated rings. The number of nitrogens with two attached hydrogens (primary N) is 1. The van der Waals surface area contributed by atoms with E-state index in [2.05, 4.69) is 36.1 Å². The van der Waals surface area contributed by atoms with Crippen LogP contribution < -0.4 is 10.6 Å². The van der Waals surface area contributed by atoms with Gasteiger partial charge in [-0.3, -0.25) is 4.79 Å². The van der Waals surface area contributed by atoms with E-state index in [0.717, 1.165) is 19.5 Å². The second-order valence-corrected chi connectivity index (χ2v) is 4.17. The van der Waals surface area contributed by atoms with Crippen LogP contribution in [-0.2, 0) is 4.79 Å². The van der Waals surface area contributed by atoms with Crippen molar-refractivity contribution in [1.29, 1.82) is 0 Å². The first-order chi connectivity index (χ1) is 7.16. The highest BCUT2D eigenvalue weighted by atomic mass is 16.1. The zero-order valence-electron chi connectivity index (χ0n) is 8.94. The molecule has 0 saturated carbocycles. The van der Waals surface area contributed by atoms with Crippen molar-refractivity contribution in [2.45, 2.75) is 13.3 Å². The molecule has 1 saturated heterocycles. The molecular formula is C12H16N2O. The summed E-state index contributed by atoms with van der Waals surface area (Å²) in [5.74, 6) is -0.157. The zero-order valence-corrected chi connectivity index (χ0v) is 8.94. The van der Waals surface area contributed by atoms with E-state index < -0.39 is 0 Å². The monoisotopic (exact) mass is 204 g/mol. The van der Waals surface area contributed by atoms with Gasteiger partial charge in [-0.1, -0.05) is 17.7 Å². The number of carbonyl (C=O) groups excluding carboxylic acids is 1. The van der Waals surface area contributed by atoms with Crippen molar-refractivity contribution < 1.29 is 4.79 Å². The van der Waals surface area contributed by atoms with E-state index in [0.29, 0.717) is 0 Å². The third-order valence-electron chi connectivity index (χ3n) is 2.99. The third-order valence-corrected chi connectivity index (χ3v) is 2.99. The molecule has 1 aliphatic heterocycles. The minimum absolute atomic E-state index is 0.0197. The van der Waals surface area contributed by atoms with Gasteiger partial charge < -0.3 is 10.6 Å². The number of hydrogen-bond acceptors (Lipinski definition) is 2. The fourth-order valence-corrected chi connectivity index (χ4v) is 1.98. The lowest BCUT2D eigenvalue weighted by Gasteiger charge is -2.18. The summed E-state index contributed by atoms with van der Waals surface area (Å²) in [6.45, 7) is 3.76. The Morgan fingerprint density at radius 1 is 1.40 bits per heavy atom. The molecule has 3 heteroatoms. The average Bonchev–Trinajstić information content (AvgIpc) is 2.68. The fourth-order valence-electron chi connectivity index (χ4n) is 1.98. The zero-order chi connectivity index (χ0) is 10.8. The van der Waals surface area contributed by atoms with E-state index in [9.17, 15) is 4.79 Å². The number of rotatable bonds is 2. The molecule has 80 valence electrons. The molecule has 2 N–H and O–H groups in total. The van der Waals surface area contributed by atoms with Gasteiger partial charge >= 0.3 is 0 Å². The molecule has 1 aromatic rings.